The average molecular weight is 764 g/mol. The molecule has 3 N–H and O–H groups in total. The lowest BCUT2D eigenvalue weighted by molar-refractivity contribution is -0.143. The molecule has 320 valence electrons. The van der Waals surface area contributed by atoms with E-state index in [9.17, 15) is 19.8 Å². The van der Waals surface area contributed by atoms with Crippen molar-refractivity contribution in [3.05, 3.63) is 12.2 Å². The molecule has 0 radical (unpaired) electrons. The number of hydrogen-bond donors (Lipinski definition) is 3. The van der Waals surface area contributed by atoms with Crippen LogP contribution in [0.25, 0.3) is 0 Å². The maximum atomic E-state index is 12.4. The van der Waals surface area contributed by atoms with Gasteiger partial charge in [-0.05, 0) is 32.1 Å². The molecule has 6 heteroatoms. The van der Waals surface area contributed by atoms with Crippen LogP contribution in [0.15, 0.2) is 12.2 Å². The summed E-state index contributed by atoms with van der Waals surface area (Å²) in [6, 6.07) is -0.646. The first-order valence-corrected chi connectivity index (χ1v) is 24.0. The fourth-order valence-electron chi connectivity index (χ4n) is 7.34. The number of aliphatic hydroxyl groups is 2. The molecule has 2 atom stereocenters. The molecule has 2 unspecified atom stereocenters. The second kappa shape index (κ2) is 44.3. The maximum Gasteiger partial charge on any atom is 0.305 e. The second-order valence-corrected chi connectivity index (χ2v) is 16.5. The molecule has 54 heavy (non-hydrogen) atoms. The lowest BCUT2D eigenvalue weighted by Crippen LogP contribution is -2.45. The van der Waals surface area contributed by atoms with Crippen molar-refractivity contribution in [3.8, 4) is 0 Å². The molecule has 0 spiro atoms. The van der Waals surface area contributed by atoms with Gasteiger partial charge in [-0.1, -0.05) is 225 Å². The minimum Gasteiger partial charge on any atom is -0.466 e. The number of esters is 1. The summed E-state index contributed by atoms with van der Waals surface area (Å²) in [5.41, 5.74) is 0. The van der Waals surface area contributed by atoms with E-state index in [1.807, 2.05) is 6.08 Å². The number of amides is 1. The first kappa shape index (κ1) is 52.6. The summed E-state index contributed by atoms with van der Waals surface area (Å²) in [4.78, 5) is 24.4. The van der Waals surface area contributed by atoms with Gasteiger partial charge in [0.05, 0.1) is 25.4 Å². The van der Waals surface area contributed by atoms with Crippen molar-refractivity contribution >= 4 is 11.9 Å². The normalized spacial score (nSPS) is 12.7. The maximum absolute atomic E-state index is 12.4. The number of allylic oxidation sites excluding steroid dienone is 1. The van der Waals surface area contributed by atoms with E-state index in [0.717, 1.165) is 57.8 Å². The van der Waals surface area contributed by atoms with E-state index in [1.165, 1.54) is 173 Å². The summed E-state index contributed by atoms with van der Waals surface area (Å²) in [7, 11) is 0. The highest BCUT2D eigenvalue weighted by Gasteiger charge is 2.18. The molecular formula is C48H93NO5. The number of unbranched alkanes of at least 4 members (excludes halogenated alkanes) is 33. The van der Waals surface area contributed by atoms with Crippen molar-refractivity contribution in [3.63, 3.8) is 0 Å². The standard InChI is InChI=1S/C48H93NO5/c1-3-5-7-9-11-13-15-17-18-19-20-21-24-28-32-36-40-46(51)45(44-50)49-47(52)41-37-33-29-25-23-27-31-35-39-43-54-48(53)42-38-34-30-26-22-16-14-12-10-8-6-4-2/h36,40,45-46,50-51H,3-35,37-39,41-44H2,1-2H3,(H,49,52)/b40-36+. The van der Waals surface area contributed by atoms with Gasteiger partial charge < -0.3 is 20.3 Å². The number of ether oxygens (including phenoxy) is 1. The Morgan fingerprint density at radius 3 is 1.26 bits per heavy atom. The predicted octanol–water partition coefficient (Wildman–Crippen LogP) is 13.8. The Balaban J connectivity index is 3.54. The number of carbonyl (C=O) groups excluding carboxylic acids is 2. The van der Waals surface area contributed by atoms with Crippen molar-refractivity contribution in [1.82, 2.24) is 5.32 Å². The molecule has 0 aromatic carbocycles. The first-order chi connectivity index (χ1) is 26.5. The molecule has 0 saturated heterocycles. The summed E-state index contributed by atoms with van der Waals surface area (Å²) >= 11 is 0. The molecule has 0 heterocycles. The largest absolute Gasteiger partial charge is 0.466 e. The molecule has 0 fully saturated rings. The quantitative estimate of drug-likeness (QED) is 0.0326. The van der Waals surface area contributed by atoms with Gasteiger partial charge in [0.25, 0.3) is 0 Å². The van der Waals surface area contributed by atoms with Gasteiger partial charge >= 0.3 is 5.97 Å². The van der Waals surface area contributed by atoms with Crippen LogP contribution in [-0.4, -0.2) is 47.4 Å². The van der Waals surface area contributed by atoms with Crippen LogP contribution in [0, 0.1) is 0 Å². The van der Waals surface area contributed by atoms with Crippen molar-refractivity contribution in [2.75, 3.05) is 13.2 Å². The molecule has 0 aliphatic heterocycles. The summed E-state index contributed by atoms with van der Waals surface area (Å²) in [6.45, 7) is 4.84. The third-order valence-electron chi connectivity index (χ3n) is 11.1. The molecule has 6 nitrogen and oxygen atoms in total. The van der Waals surface area contributed by atoms with Gasteiger partial charge in [-0.25, -0.2) is 0 Å². The lowest BCUT2D eigenvalue weighted by Gasteiger charge is -2.20. The molecular weight excluding hydrogens is 671 g/mol. The third kappa shape index (κ3) is 40.3. The number of aliphatic hydroxyl groups excluding tert-OH is 2. The Morgan fingerprint density at radius 1 is 0.500 bits per heavy atom. The zero-order valence-electron chi connectivity index (χ0n) is 36.2. The number of rotatable bonds is 44. The molecule has 0 aromatic rings. The monoisotopic (exact) mass is 764 g/mol. The van der Waals surface area contributed by atoms with E-state index in [-0.39, 0.29) is 18.5 Å². The highest BCUT2D eigenvalue weighted by molar-refractivity contribution is 5.76. The Labute approximate surface area is 336 Å². The van der Waals surface area contributed by atoms with E-state index in [2.05, 4.69) is 19.2 Å². The van der Waals surface area contributed by atoms with Gasteiger partial charge in [0, 0.05) is 12.8 Å². The molecule has 0 aromatic heterocycles. The Kier molecular flexibility index (Phi) is 43.2. The van der Waals surface area contributed by atoms with Crippen LogP contribution in [0.2, 0.25) is 0 Å². The summed E-state index contributed by atoms with van der Waals surface area (Å²) < 4.78 is 5.43. The smallest absolute Gasteiger partial charge is 0.305 e. The topological polar surface area (TPSA) is 95.9 Å². The average Bonchev–Trinajstić information content (AvgIpc) is 3.17. The van der Waals surface area contributed by atoms with E-state index < -0.39 is 12.1 Å². The van der Waals surface area contributed by atoms with Crippen LogP contribution >= 0.6 is 0 Å². The molecule has 0 aliphatic rings. The molecule has 0 saturated carbocycles. The second-order valence-electron chi connectivity index (χ2n) is 16.5. The first-order valence-electron chi connectivity index (χ1n) is 24.0. The van der Waals surface area contributed by atoms with E-state index in [0.29, 0.717) is 19.4 Å². The van der Waals surface area contributed by atoms with Gasteiger partial charge in [0.1, 0.15) is 0 Å². The van der Waals surface area contributed by atoms with E-state index >= 15 is 0 Å². The zero-order valence-corrected chi connectivity index (χ0v) is 36.2. The lowest BCUT2D eigenvalue weighted by atomic mass is 10.0. The van der Waals surface area contributed by atoms with Crippen LogP contribution in [0.1, 0.15) is 258 Å². The van der Waals surface area contributed by atoms with Gasteiger partial charge in [-0.2, -0.15) is 0 Å². The van der Waals surface area contributed by atoms with Crippen LogP contribution in [0.4, 0.5) is 0 Å². The summed E-state index contributed by atoms with van der Waals surface area (Å²) in [5.74, 6) is -0.121. The highest BCUT2D eigenvalue weighted by atomic mass is 16.5. The van der Waals surface area contributed by atoms with Crippen molar-refractivity contribution in [1.29, 1.82) is 0 Å². The van der Waals surface area contributed by atoms with Crippen LogP contribution in [0.5, 0.6) is 0 Å². The minimum absolute atomic E-state index is 0.0266. The molecule has 0 rings (SSSR count). The SMILES string of the molecule is CCCCCCCCCCCCCCCC/C=C/C(O)C(CO)NC(=O)CCCCCCCCCCCOC(=O)CCCCCCCCCCCCCC. The fourth-order valence-corrected chi connectivity index (χ4v) is 7.34. The number of hydrogen-bond acceptors (Lipinski definition) is 5. The molecule has 1 amide bonds. The van der Waals surface area contributed by atoms with Crippen molar-refractivity contribution in [2.24, 2.45) is 0 Å². The predicted molar refractivity (Wildman–Crippen MR) is 232 cm³/mol. The fraction of sp³-hybridized carbons (Fsp3) is 0.917. The van der Waals surface area contributed by atoms with E-state index in [1.54, 1.807) is 6.08 Å². The van der Waals surface area contributed by atoms with Gasteiger partial charge in [-0.15, -0.1) is 0 Å². The van der Waals surface area contributed by atoms with Gasteiger partial charge in [-0.3, -0.25) is 9.59 Å². The van der Waals surface area contributed by atoms with Crippen molar-refractivity contribution < 1.29 is 24.5 Å². The zero-order chi connectivity index (χ0) is 39.4. The highest BCUT2D eigenvalue weighted by Crippen LogP contribution is 2.16. The molecule has 0 aliphatic carbocycles. The van der Waals surface area contributed by atoms with Gasteiger partial charge in [0.2, 0.25) is 5.91 Å². The Hall–Kier alpha value is -1.40. The number of carbonyl (C=O) groups is 2. The van der Waals surface area contributed by atoms with Gasteiger partial charge in [0.15, 0.2) is 0 Å². The Bertz CT molecular complexity index is 802. The minimum atomic E-state index is -0.860. The molecule has 0 bridgehead atoms. The van der Waals surface area contributed by atoms with E-state index in [4.69, 9.17) is 4.74 Å². The van der Waals surface area contributed by atoms with Crippen LogP contribution in [0.3, 0.4) is 0 Å². The third-order valence-corrected chi connectivity index (χ3v) is 11.1. The van der Waals surface area contributed by atoms with Crippen molar-refractivity contribution in [2.45, 2.75) is 270 Å². The summed E-state index contributed by atoms with van der Waals surface area (Å²) in [5, 5.41) is 23.0. The summed E-state index contributed by atoms with van der Waals surface area (Å²) in [6.07, 6.45) is 49.1. The number of nitrogens with one attached hydrogen (secondary N) is 1. The Morgan fingerprint density at radius 2 is 0.852 bits per heavy atom. The van der Waals surface area contributed by atoms with Crippen LogP contribution in [-0.2, 0) is 14.3 Å². The van der Waals surface area contributed by atoms with Crippen LogP contribution < -0.4 is 5.32 Å².